The van der Waals surface area contributed by atoms with Crippen molar-refractivity contribution in [3.05, 3.63) is 47.2 Å². The van der Waals surface area contributed by atoms with Crippen molar-refractivity contribution >= 4 is 11.8 Å². The van der Waals surface area contributed by atoms with E-state index in [1.54, 1.807) is 5.56 Å². The quantitative estimate of drug-likeness (QED) is 0.371. The van der Waals surface area contributed by atoms with E-state index in [0.717, 1.165) is 6.42 Å². The molecule has 1 aromatic carbocycles. The van der Waals surface area contributed by atoms with Crippen LogP contribution in [0.25, 0.3) is 0 Å². The molecule has 0 radical (unpaired) electrons. The summed E-state index contributed by atoms with van der Waals surface area (Å²) < 4.78 is 6.40. The molecular formula is C22H30OS. The number of aryl methyl sites for hydroxylation is 1. The molecule has 0 amide bonds. The zero-order valence-electron chi connectivity index (χ0n) is 15.0. The van der Waals surface area contributed by atoms with Crippen molar-refractivity contribution in [1.29, 1.82) is 0 Å². The van der Waals surface area contributed by atoms with Gasteiger partial charge in [-0.2, -0.15) is 0 Å². The lowest BCUT2D eigenvalue weighted by Crippen LogP contribution is -1.93. The van der Waals surface area contributed by atoms with E-state index >= 15 is 0 Å². The fourth-order valence-corrected chi connectivity index (χ4v) is 4.62. The Kier molecular flexibility index (Phi) is 6.89. The van der Waals surface area contributed by atoms with Crippen LogP contribution in [0.2, 0.25) is 0 Å². The summed E-state index contributed by atoms with van der Waals surface area (Å²) in [6, 6.07) is 10.7. The maximum absolute atomic E-state index is 6.40. The summed E-state index contributed by atoms with van der Waals surface area (Å²) in [6.45, 7) is 2.28. The third-order valence-corrected chi connectivity index (χ3v) is 6.00. The SMILES string of the molecule is CCCCCCCc1oc(Sc2ccccc2)c2c1CCCCC2. The molecule has 0 N–H and O–H groups in total. The van der Waals surface area contributed by atoms with Crippen molar-refractivity contribution < 1.29 is 4.42 Å². The smallest absolute Gasteiger partial charge is 0.168 e. The van der Waals surface area contributed by atoms with E-state index in [9.17, 15) is 0 Å². The van der Waals surface area contributed by atoms with Gasteiger partial charge < -0.3 is 4.42 Å². The maximum Gasteiger partial charge on any atom is 0.168 e. The number of furan rings is 1. The first-order chi connectivity index (χ1) is 11.9. The van der Waals surface area contributed by atoms with Gasteiger partial charge in [-0.3, -0.25) is 0 Å². The molecule has 0 bridgehead atoms. The van der Waals surface area contributed by atoms with Gasteiger partial charge in [0.05, 0.1) is 0 Å². The Balaban J connectivity index is 1.73. The number of hydrogen-bond acceptors (Lipinski definition) is 2. The summed E-state index contributed by atoms with van der Waals surface area (Å²) in [7, 11) is 0. The fraction of sp³-hybridized carbons (Fsp3) is 0.545. The summed E-state index contributed by atoms with van der Waals surface area (Å²) in [6.07, 6.45) is 14.2. The fourth-order valence-electron chi connectivity index (χ4n) is 3.62. The van der Waals surface area contributed by atoms with Crippen LogP contribution in [0.5, 0.6) is 0 Å². The van der Waals surface area contributed by atoms with Crippen molar-refractivity contribution in [2.24, 2.45) is 0 Å². The van der Waals surface area contributed by atoms with Crippen LogP contribution in [0.4, 0.5) is 0 Å². The van der Waals surface area contributed by atoms with E-state index in [2.05, 4.69) is 37.3 Å². The van der Waals surface area contributed by atoms with Crippen LogP contribution in [0, 0.1) is 0 Å². The molecule has 0 atom stereocenters. The van der Waals surface area contributed by atoms with Crippen LogP contribution in [0.3, 0.4) is 0 Å². The highest BCUT2D eigenvalue weighted by Crippen LogP contribution is 2.39. The van der Waals surface area contributed by atoms with Gasteiger partial charge in [-0.1, -0.05) is 69.0 Å². The maximum atomic E-state index is 6.40. The molecule has 130 valence electrons. The number of hydrogen-bond donors (Lipinski definition) is 0. The molecule has 0 saturated carbocycles. The second-order valence-corrected chi connectivity index (χ2v) is 7.96. The summed E-state index contributed by atoms with van der Waals surface area (Å²) in [5.41, 5.74) is 3.08. The number of fused-ring (bicyclic) bond motifs is 1. The second-order valence-electron chi connectivity index (χ2n) is 6.91. The highest BCUT2D eigenvalue weighted by atomic mass is 32.2. The molecule has 1 aromatic heterocycles. The molecule has 1 heterocycles. The van der Waals surface area contributed by atoms with Crippen LogP contribution in [0.1, 0.15) is 75.2 Å². The third-order valence-electron chi connectivity index (χ3n) is 4.98. The lowest BCUT2D eigenvalue weighted by Gasteiger charge is -2.02. The van der Waals surface area contributed by atoms with Gasteiger partial charge in [0.25, 0.3) is 0 Å². The van der Waals surface area contributed by atoms with Crippen molar-refractivity contribution in [2.75, 3.05) is 0 Å². The monoisotopic (exact) mass is 342 g/mol. The second kappa shape index (κ2) is 9.36. The average Bonchev–Trinajstić information content (AvgIpc) is 2.78. The van der Waals surface area contributed by atoms with Crippen LogP contribution >= 0.6 is 11.8 Å². The minimum Gasteiger partial charge on any atom is -0.454 e. The lowest BCUT2D eigenvalue weighted by atomic mass is 10.0. The highest BCUT2D eigenvalue weighted by Gasteiger charge is 2.22. The van der Waals surface area contributed by atoms with Gasteiger partial charge in [0.2, 0.25) is 0 Å². The van der Waals surface area contributed by atoms with Crippen molar-refractivity contribution in [1.82, 2.24) is 0 Å². The van der Waals surface area contributed by atoms with Gasteiger partial charge in [0, 0.05) is 16.9 Å². The van der Waals surface area contributed by atoms with Gasteiger partial charge in [-0.05, 0) is 49.8 Å². The molecular weight excluding hydrogens is 312 g/mol. The van der Waals surface area contributed by atoms with Crippen LogP contribution in [-0.2, 0) is 19.3 Å². The van der Waals surface area contributed by atoms with E-state index in [4.69, 9.17) is 4.42 Å². The molecule has 1 aliphatic carbocycles. The molecule has 0 aliphatic heterocycles. The molecule has 2 heteroatoms. The van der Waals surface area contributed by atoms with E-state index in [0.29, 0.717) is 0 Å². The molecule has 0 fully saturated rings. The van der Waals surface area contributed by atoms with E-state index in [1.807, 2.05) is 11.8 Å². The van der Waals surface area contributed by atoms with Gasteiger partial charge in [0.15, 0.2) is 5.09 Å². The normalized spacial score (nSPS) is 14.4. The topological polar surface area (TPSA) is 13.1 Å². The Morgan fingerprint density at radius 3 is 2.42 bits per heavy atom. The predicted octanol–water partition coefficient (Wildman–Crippen LogP) is 7.21. The van der Waals surface area contributed by atoms with Crippen molar-refractivity contribution in [3.8, 4) is 0 Å². The predicted molar refractivity (Wildman–Crippen MR) is 103 cm³/mol. The summed E-state index contributed by atoms with van der Waals surface area (Å²) in [5.74, 6) is 1.29. The molecule has 2 aromatic rings. The zero-order chi connectivity index (χ0) is 16.6. The van der Waals surface area contributed by atoms with Crippen LogP contribution < -0.4 is 0 Å². The van der Waals surface area contributed by atoms with E-state index in [1.165, 1.54) is 85.5 Å². The van der Waals surface area contributed by atoms with Gasteiger partial charge in [0.1, 0.15) is 5.76 Å². The summed E-state index contributed by atoms with van der Waals surface area (Å²) >= 11 is 1.81. The zero-order valence-corrected chi connectivity index (χ0v) is 15.8. The molecule has 24 heavy (non-hydrogen) atoms. The van der Waals surface area contributed by atoms with Crippen molar-refractivity contribution in [3.63, 3.8) is 0 Å². The van der Waals surface area contributed by atoms with Gasteiger partial charge in [-0.15, -0.1) is 0 Å². The number of benzene rings is 1. The minimum atomic E-state index is 1.13. The summed E-state index contributed by atoms with van der Waals surface area (Å²) in [4.78, 5) is 1.28. The lowest BCUT2D eigenvalue weighted by molar-refractivity contribution is 0.415. The molecule has 0 saturated heterocycles. The molecule has 3 rings (SSSR count). The standard InChI is InChI=1S/C22H30OS/c1-2-3-4-5-12-17-21-19-15-10-7-11-16-20(19)22(23-21)24-18-13-8-6-9-14-18/h6,8-9,13-14H,2-5,7,10-12,15-17H2,1H3. The van der Waals surface area contributed by atoms with Gasteiger partial charge in [-0.25, -0.2) is 0 Å². The van der Waals surface area contributed by atoms with E-state index < -0.39 is 0 Å². The van der Waals surface area contributed by atoms with Crippen LogP contribution in [0.15, 0.2) is 44.7 Å². The average molecular weight is 343 g/mol. The molecule has 1 aliphatic rings. The molecule has 0 unspecified atom stereocenters. The number of rotatable bonds is 8. The summed E-state index contributed by atoms with van der Waals surface area (Å²) in [5, 5.41) is 1.17. The molecule has 1 nitrogen and oxygen atoms in total. The minimum absolute atomic E-state index is 1.13. The first kappa shape index (κ1) is 17.7. The Hall–Kier alpha value is -1.15. The van der Waals surface area contributed by atoms with Crippen molar-refractivity contribution in [2.45, 2.75) is 87.5 Å². The first-order valence-electron chi connectivity index (χ1n) is 9.74. The highest BCUT2D eigenvalue weighted by molar-refractivity contribution is 7.99. The Bertz CT molecular complexity index is 614. The third kappa shape index (κ3) is 4.69. The van der Waals surface area contributed by atoms with Crippen LogP contribution in [-0.4, -0.2) is 0 Å². The van der Waals surface area contributed by atoms with Gasteiger partial charge >= 0.3 is 0 Å². The Labute approximate surface area is 151 Å². The Morgan fingerprint density at radius 2 is 1.62 bits per heavy atom. The van der Waals surface area contributed by atoms with E-state index in [-0.39, 0.29) is 0 Å². The largest absolute Gasteiger partial charge is 0.454 e. The molecule has 0 spiro atoms. The first-order valence-corrected chi connectivity index (χ1v) is 10.6. The number of unbranched alkanes of at least 4 members (excludes halogenated alkanes) is 4. The Morgan fingerprint density at radius 1 is 0.875 bits per heavy atom.